The Kier molecular flexibility index (Phi) is 4.65. The molecule has 6 heteroatoms. The summed E-state index contributed by atoms with van der Waals surface area (Å²) < 4.78 is 30.1. The van der Waals surface area contributed by atoms with Crippen molar-refractivity contribution in [3.63, 3.8) is 0 Å². The predicted octanol–water partition coefficient (Wildman–Crippen LogP) is 1.43. The van der Waals surface area contributed by atoms with Crippen molar-refractivity contribution in [2.75, 3.05) is 19.3 Å². The molecule has 1 saturated heterocycles. The van der Waals surface area contributed by atoms with Crippen molar-refractivity contribution in [1.29, 1.82) is 0 Å². The number of furan rings is 1. The molecule has 2 rings (SSSR count). The maximum Gasteiger partial charge on any atom is 0.211 e. The van der Waals surface area contributed by atoms with Crippen molar-refractivity contribution >= 4 is 10.0 Å². The zero-order valence-corrected chi connectivity index (χ0v) is 12.3. The Hall–Kier alpha value is -0.850. The largest absolute Gasteiger partial charge is 0.468 e. The summed E-state index contributed by atoms with van der Waals surface area (Å²) in [6, 6.07) is 4.17. The second-order valence-electron chi connectivity index (χ2n) is 5.14. The van der Waals surface area contributed by atoms with Gasteiger partial charge in [-0.2, -0.15) is 0 Å². The van der Waals surface area contributed by atoms with Crippen molar-refractivity contribution < 1.29 is 12.8 Å². The first-order chi connectivity index (χ1) is 9.00. The minimum atomic E-state index is -3.06. The first-order valence-corrected chi connectivity index (χ1v) is 8.56. The molecule has 1 aliphatic heterocycles. The topological polar surface area (TPSA) is 62.6 Å². The molecule has 0 unspecified atom stereocenters. The van der Waals surface area contributed by atoms with Crippen LogP contribution in [0.2, 0.25) is 0 Å². The zero-order chi connectivity index (χ0) is 13.9. The number of hydrogen-bond acceptors (Lipinski definition) is 4. The van der Waals surface area contributed by atoms with Crippen molar-refractivity contribution in [3.05, 3.63) is 24.2 Å². The molecule has 0 spiro atoms. The van der Waals surface area contributed by atoms with Crippen molar-refractivity contribution in [2.45, 2.75) is 32.4 Å². The van der Waals surface area contributed by atoms with E-state index in [-0.39, 0.29) is 0 Å². The smallest absolute Gasteiger partial charge is 0.211 e. The van der Waals surface area contributed by atoms with Crippen LogP contribution in [0.1, 0.15) is 25.5 Å². The van der Waals surface area contributed by atoms with Crippen LogP contribution in [0.25, 0.3) is 0 Å². The van der Waals surface area contributed by atoms with E-state index in [1.54, 1.807) is 10.6 Å². The van der Waals surface area contributed by atoms with Crippen molar-refractivity contribution in [3.8, 4) is 0 Å². The lowest BCUT2D eigenvalue weighted by atomic mass is 9.91. The Morgan fingerprint density at radius 3 is 2.89 bits per heavy atom. The third kappa shape index (κ3) is 3.81. The van der Waals surface area contributed by atoms with E-state index >= 15 is 0 Å². The Morgan fingerprint density at radius 2 is 2.32 bits per heavy atom. The van der Waals surface area contributed by atoms with Gasteiger partial charge in [0.15, 0.2) is 0 Å². The molecule has 0 amide bonds. The normalized spacial score (nSPS) is 25.6. The van der Waals surface area contributed by atoms with Gasteiger partial charge in [0.1, 0.15) is 5.76 Å². The fourth-order valence-electron chi connectivity index (χ4n) is 2.63. The summed E-state index contributed by atoms with van der Waals surface area (Å²) in [5.74, 6) is 1.28. The number of hydrogen-bond donors (Lipinski definition) is 1. The maximum absolute atomic E-state index is 11.6. The Morgan fingerprint density at radius 1 is 1.53 bits per heavy atom. The van der Waals surface area contributed by atoms with Gasteiger partial charge in [0, 0.05) is 19.1 Å². The molecule has 1 N–H and O–H groups in total. The molecule has 0 aromatic carbocycles. The molecule has 19 heavy (non-hydrogen) atoms. The summed E-state index contributed by atoms with van der Waals surface area (Å²) in [5.41, 5.74) is 0. The molecular weight excluding hydrogens is 264 g/mol. The lowest BCUT2D eigenvalue weighted by Crippen LogP contribution is -2.50. The number of piperidine rings is 1. The van der Waals surface area contributed by atoms with Gasteiger partial charge < -0.3 is 9.73 Å². The van der Waals surface area contributed by atoms with Crippen LogP contribution in [0, 0.1) is 5.92 Å². The number of sulfonamides is 1. The van der Waals surface area contributed by atoms with Crippen LogP contribution in [-0.2, 0) is 16.6 Å². The molecule has 108 valence electrons. The fourth-order valence-corrected chi connectivity index (χ4v) is 3.53. The van der Waals surface area contributed by atoms with Gasteiger partial charge in [-0.15, -0.1) is 0 Å². The van der Waals surface area contributed by atoms with Crippen LogP contribution >= 0.6 is 0 Å². The van der Waals surface area contributed by atoms with E-state index in [0.29, 0.717) is 31.6 Å². The molecule has 2 heterocycles. The molecule has 1 aromatic heterocycles. The van der Waals surface area contributed by atoms with Gasteiger partial charge in [-0.1, -0.05) is 13.3 Å². The molecule has 0 radical (unpaired) electrons. The first kappa shape index (κ1) is 14.6. The minimum Gasteiger partial charge on any atom is -0.468 e. The van der Waals surface area contributed by atoms with E-state index < -0.39 is 10.0 Å². The Labute approximate surface area is 115 Å². The number of rotatable bonds is 5. The third-order valence-corrected chi connectivity index (χ3v) is 5.08. The quantitative estimate of drug-likeness (QED) is 0.889. The molecule has 0 saturated carbocycles. The highest BCUT2D eigenvalue weighted by molar-refractivity contribution is 7.88. The standard InChI is InChI=1S/C13H22N2O3S/c1-3-11-10-15(19(2,16)17)7-6-13(11)14-9-12-5-4-8-18-12/h4-5,8,11,13-14H,3,6-7,9-10H2,1-2H3/t11-,13+/m0/s1. The van der Waals surface area contributed by atoms with Crippen LogP contribution in [0.4, 0.5) is 0 Å². The average molecular weight is 286 g/mol. The summed E-state index contributed by atoms with van der Waals surface area (Å²) in [6.07, 6.45) is 4.78. The van der Waals surface area contributed by atoms with E-state index in [4.69, 9.17) is 4.42 Å². The van der Waals surface area contributed by atoms with Crippen LogP contribution in [0.5, 0.6) is 0 Å². The molecule has 5 nitrogen and oxygen atoms in total. The summed E-state index contributed by atoms with van der Waals surface area (Å²) in [6.45, 7) is 4.03. The molecule has 1 aromatic rings. The summed E-state index contributed by atoms with van der Waals surface area (Å²) in [4.78, 5) is 0. The summed E-state index contributed by atoms with van der Waals surface area (Å²) in [5, 5.41) is 3.48. The second kappa shape index (κ2) is 6.07. The van der Waals surface area contributed by atoms with E-state index in [9.17, 15) is 8.42 Å². The highest BCUT2D eigenvalue weighted by Crippen LogP contribution is 2.22. The Bertz CT molecular complexity index is 484. The number of nitrogens with one attached hydrogen (secondary N) is 1. The lowest BCUT2D eigenvalue weighted by Gasteiger charge is -2.37. The van der Waals surface area contributed by atoms with Gasteiger partial charge in [-0.3, -0.25) is 0 Å². The molecule has 1 fully saturated rings. The SMILES string of the molecule is CC[C@H]1CN(S(C)(=O)=O)CC[C@H]1NCc1ccco1. The summed E-state index contributed by atoms with van der Waals surface area (Å²) >= 11 is 0. The van der Waals surface area contributed by atoms with Gasteiger partial charge in [-0.25, -0.2) is 12.7 Å². The van der Waals surface area contributed by atoms with Gasteiger partial charge in [0.05, 0.1) is 19.1 Å². The highest BCUT2D eigenvalue weighted by atomic mass is 32.2. The Balaban J connectivity index is 1.92. The van der Waals surface area contributed by atoms with Gasteiger partial charge in [-0.05, 0) is 24.5 Å². The molecule has 1 aliphatic rings. The zero-order valence-electron chi connectivity index (χ0n) is 11.5. The van der Waals surface area contributed by atoms with E-state index in [2.05, 4.69) is 12.2 Å². The third-order valence-electron chi connectivity index (χ3n) is 3.81. The van der Waals surface area contributed by atoms with Gasteiger partial charge >= 0.3 is 0 Å². The van der Waals surface area contributed by atoms with Crippen LogP contribution in [-0.4, -0.2) is 38.1 Å². The van der Waals surface area contributed by atoms with Crippen molar-refractivity contribution in [2.24, 2.45) is 5.92 Å². The van der Waals surface area contributed by atoms with Crippen LogP contribution < -0.4 is 5.32 Å². The van der Waals surface area contributed by atoms with Crippen LogP contribution in [0.3, 0.4) is 0 Å². The minimum absolute atomic E-state index is 0.355. The lowest BCUT2D eigenvalue weighted by molar-refractivity contribution is 0.199. The molecular formula is C13H22N2O3S. The van der Waals surface area contributed by atoms with E-state index in [1.807, 2.05) is 12.1 Å². The van der Waals surface area contributed by atoms with E-state index in [0.717, 1.165) is 18.6 Å². The highest BCUT2D eigenvalue weighted by Gasteiger charge is 2.31. The average Bonchev–Trinajstić information content (AvgIpc) is 2.88. The van der Waals surface area contributed by atoms with Gasteiger partial charge in [0.2, 0.25) is 10.0 Å². The maximum atomic E-state index is 11.6. The summed E-state index contributed by atoms with van der Waals surface area (Å²) in [7, 11) is -3.06. The van der Waals surface area contributed by atoms with Crippen molar-refractivity contribution in [1.82, 2.24) is 9.62 Å². The monoisotopic (exact) mass is 286 g/mol. The van der Waals surface area contributed by atoms with Crippen LogP contribution in [0.15, 0.2) is 22.8 Å². The number of nitrogens with zero attached hydrogens (tertiary/aromatic N) is 1. The molecule has 0 bridgehead atoms. The van der Waals surface area contributed by atoms with Gasteiger partial charge in [0.25, 0.3) is 0 Å². The van der Waals surface area contributed by atoms with E-state index in [1.165, 1.54) is 6.26 Å². The second-order valence-corrected chi connectivity index (χ2v) is 7.13. The predicted molar refractivity (Wildman–Crippen MR) is 74.2 cm³/mol. The molecule has 0 aliphatic carbocycles. The first-order valence-electron chi connectivity index (χ1n) is 6.71. The molecule has 2 atom stereocenters. The fraction of sp³-hybridized carbons (Fsp3) is 0.692.